The maximum atomic E-state index is 12.8. The zero-order chi connectivity index (χ0) is 47.4. The highest BCUT2D eigenvalue weighted by molar-refractivity contribution is 5.71. The lowest BCUT2D eigenvalue weighted by atomic mass is 10.0. The molecule has 65 heavy (non-hydrogen) atoms. The molecule has 0 aromatic carbocycles. The minimum atomic E-state index is -0.762. The maximum absolute atomic E-state index is 12.8. The van der Waals surface area contributed by atoms with Crippen molar-refractivity contribution in [2.75, 3.05) is 13.2 Å². The van der Waals surface area contributed by atoms with Gasteiger partial charge in [0, 0.05) is 19.3 Å². The minimum absolute atomic E-state index is 0.0618. The third kappa shape index (κ3) is 53.2. The number of hydrogen-bond acceptors (Lipinski definition) is 6. The molecule has 0 saturated carbocycles. The van der Waals surface area contributed by atoms with Crippen LogP contribution in [0.5, 0.6) is 0 Å². The topological polar surface area (TPSA) is 78.9 Å². The van der Waals surface area contributed by atoms with E-state index in [9.17, 15) is 14.4 Å². The second-order valence-corrected chi connectivity index (χ2v) is 20.8. The quantitative estimate of drug-likeness (QED) is 0.0344. The lowest BCUT2D eigenvalue weighted by Crippen LogP contribution is -2.30. The Hall–Kier alpha value is -1.59. The third-order valence-corrected chi connectivity index (χ3v) is 13.5. The van der Waals surface area contributed by atoms with Crippen molar-refractivity contribution >= 4 is 17.9 Å². The first-order valence-corrected chi connectivity index (χ1v) is 29.4. The molecule has 0 aliphatic carbocycles. The fourth-order valence-corrected chi connectivity index (χ4v) is 9.10. The molecule has 6 heteroatoms. The highest BCUT2D eigenvalue weighted by Gasteiger charge is 2.19. The first-order chi connectivity index (χ1) is 31.9. The van der Waals surface area contributed by atoms with E-state index in [0.29, 0.717) is 19.3 Å². The Kier molecular flexibility index (Phi) is 52.1. The highest BCUT2D eigenvalue weighted by Crippen LogP contribution is 2.18. The Bertz CT molecular complexity index is 980. The first kappa shape index (κ1) is 63.4. The summed E-state index contributed by atoms with van der Waals surface area (Å²) in [5.41, 5.74) is 0. The monoisotopic (exact) mass is 919 g/mol. The molecule has 386 valence electrons. The number of rotatable bonds is 54. The Labute approximate surface area is 406 Å². The summed E-state index contributed by atoms with van der Waals surface area (Å²) in [6.45, 7) is 9.06. The van der Waals surface area contributed by atoms with Crippen molar-refractivity contribution in [3.8, 4) is 0 Å². The van der Waals surface area contributed by atoms with Gasteiger partial charge in [-0.05, 0) is 25.2 Å². The Morgan fingerprint density at radius 1 is 0.292 bits per heavy atom. The van der Waals surface area contributed by atoms with Gasteiger partial charge in [0.25, 0.3) is 0 Å². The van der Waals surface area contributed by atoms with Gasteiger partial charge in [-0.1, -0.05) is 297 Å². The standard InChI is InChI=1S/C59H114O6/c1-5-7-9-11-13-15-17-19-21-22-24-26-31-35-39-43-47-51-58(61)64-54-56(65-59(62)52-48-44-40-36-32-28-27-29-33-37-41-45-49-55(3)4)53-63-57(60)50-46-42-38-34-30-25-23-20-18-16-14-12-10-8-6-2/h55-56H,5-54H2,1-4H3/t56-/m0/s1. The summed E-state index contributed by atoms with van der Waals surface area (Å²) in [5, 5.41) is 0. The summed E-state index contributed by atoms with van der Waals surface area (Å²) in [7, 11) is 0. The third-order valence-electron chi connectivity index (χ3n) is 13.5. The number of unbranched alkanes of at least 4 members (excludes halogenated alkanes) is 41. The largest absolute Gasteiger partial charge is 0.462 e. The van der Waals surface area contributed by atoms with E-state index in [1.165, 1.54) is 231 Å². The van der Waals surface area contributed by atoms with Crippen molar-refractivity contribution in [1.29, 1.82) is 0 Å². The molecule has 0 aliphatic heterocycles. The van der Waals surface area contributed by atoms with Gasteiger partial charge in [0.1, 0.15) is 13.2 Å². The van der Waals surface area contributed by atoms with Crippen LogP contribution in [0, 0.1) is 5.92 Å². The lowest BCUT2D eigenvalue weighted by molar-refractivity contribution is -0.167. The Morgan fingerprint density at radius 2 is 0.508 bits per heavy atom. The lowest BCUT2D eigenvalue weighted by Gasteiger charge is -2.18. The van der Waals surface area contributed by atoms with Crippen molar-refractivity contribution in [3.63, 3.8) is 0 Å². The molecule has 0 N–H and O–H groups in total. The molecule has 0 heterocycles. The van der Waals surface area contributed by atoms with E-state index in [2.05, 4.69) is 27.7 Å². The normalized spacial score (nSPS) is 12.0. The van der Waals surface area contributed by atoms with Gasteiger partial charge in [0.15, 0.2) is 6.10 Å². The Balaban J connectivity index is 4.29. The van der Waals surface area contributed by atoms with E-state index >= 15 is 0 Å². The number of hydrogen-bond donors (Lipinski definition) is 0. The smallest absolute Gasteiger partial charge is 0.306 e. The summed E-state index contributed by atoms with van der Waals surface area (Å²) in [6, 6.07) is 0. The summed E-state index contributed by atoms with van der Waals surface area (Å²) >= 11 is 0. The molecular formula is C59H114O6. The van der Waals surface area contributed by atoms with E-state index in [1.54, 1.807) is 0 Å². The van der Waals surface area contributed by atoms with Crippen LogP contribution >= 0.6 is 0 Å². The van der Waals surface area contributed by atoms with E-state index in [4.69, 9.17) is 14.2 Å². The number of esters is 3. The van der Waals surface area contributed by atoms with Gasteiger partial charge in [-0.2, -0.15) is 0 Å². The maximum Gasteiger partial charge on any atom is 0.306 e. The fraction of sp³-hybridized carbons (Fsp3) is 0.949. The average Bonchev–Trinajstić information content (AvgIpc) is 3.29. The molecule has 0 unspecified atom stereocenters. The number of carbonyl (C=O) groups is 3. The van der Waals surface area contributed by atoms with Crippen LogP contribution in [-0.4, -0.2) is 37.2 Å². The molecule has 0 aliphatic rings. The molecule has 0 aromatic rings. The second-order valence-electron chi connectivity index (χ2n) is 20.8. The van der Waals surface area contributed by atoms with Crippen LogP contribution in [-0.2, 0) is 28.6 Å². The van der Waals surface area contributed by atoms with Crippen LogP contribution in [0.25, 0.3) is 0 Å². The zero-order valence-corrected chi connectivity index (χ0v) is 44.5. The molecule has 0 saturated heterocycles. The Morgan fingerprint density at radius 3 is 0.754 bits per heavy atom. The van der Waals surface area contributed by atoms with Gasteiger partial charge < -0.3 is 14.2 Å². The van der Waals surface area contributed by atoms with Crippen molar-refractivity contribution in [2.45, 2.75) is 342 Å². The van der Waals surface area contributed by atoms with E-state index in [-0.39, 0.29) is 31.1 Å². The van der Waals surface area contributed by atoms with Gasteiger partial charge in [-0.3, -0.25) is 14.4 Å². The van der Waals surface area contributed by atoms with E-state index in [1.807, 2.05) is 0 Å². The molecule has 0 fully saturated rings. The molecule has 1 atom stereocenters. The van der Waals surface area contributed by atoms with Crippen LogP contribution < -0.4 is 0 Å². The van der Waals surface area contributed by atoms with Crippen LogP contribution in [0.2, 0.25) is 0 Å². The zero-order valence-electron chi connectivity index (χ0n) is 44.5. The van der Waals surface area contributed by atoms with Crippen LogP contribution in [0.1, 0.15) is 336 Å². The molecule has 0 bridgehead atoms. The van der Waals surface area contributed by atoms with E-state index in [0.717, 1.165) is 63.7 Å². The fourth-order valence-electron chi connectivity index (χ4n) is 9.10. The number of carbonyl (C=O) groups excluding carboxylic acids is 3. The SMILES string of the molecule is CCCCCCCCCCCCCCCCCCCC(=O)OC[C@H](COC(=O)CCCCCCCCCCCCCCCCC)OC(=O)CCCCCCCCCCCCCCC(C)C. The van der Waals surface area contributed by atoms with Crippen LogP contribution in [0.15, 0.2) is 0 Å². The van der Waals surface area contributed by atoms with Crippen molar-refractivity contribution in [3.05, 3.63) is 0 Å². The van der Waals surface area contributed by atoms with Gasteiger partial charge in [-0.15, -0.1) is 0 Å². The molecule has 0 rings (SSSR count). The molecule has 0 spiro atoms. The summed E-state index contributed by atoms with van der Waals surface area (Å²) < 4.78 is 16.9. The highest BCUT2D eigenvalue weighted by atomic mass is 16.6. The van der Waals surface area contributed by atoms with Crippen molar-refractivity contribution < 1.29 is 28.6 Å². The predicted octanol–water partition coefficient (Wildman–Crippen LogP) is 19.4. The van der Waals surface area contributed by atoms with Crippen molar-refractivity contribution in [1.82, 2.24) is 0 Å². The van der Waals surface area contributed by atoms with Gasteiger partial charge >= 0.3 is 17.9 Å². The molecule has 0 aromatic heterocycles. The van der Waals surface area contributed by atoms with Gasteiger partial charge in [0.2, 0.25) is 0 Å². The van der Waals surface area contributed by atoms with Gasteiger partial charge in [-0.25, -0.2) is 0 Å². The molecule has 0 radical (unpaired) electrons. The summed E-state index contributed by atoms with van der Waals surface area (Å²) in [4.78, 5) is 38.2. The minimum Gasteiger partial charge on any atom is -0.462 e. The number of ether oxygens (including phenoxy) is 3. The second kappa shape index (κ2) is 53.4. The molecule has 6 nitrogen and oxygen atoms in total. The predicted molar refractivity (Wildman–Crippen MR) is 280 cm³/mol. The molecular weight excluding hydrogens is 805 g/mol. The van der Waals surface area contributed by atoms with Crippen LogP contribution in [0.4, 0.5) is 0 Å². The van der Waals surface area contributed by atoms with Crippen molar-refractivity contribution in [2.24, 2.45) is 5.92 Å². The van der Waals surface area contributed by atoms with E-state index < -0.39 is 6.10 Å². The summed E-state index contributed by atoms with van der Waals surface area (Å²) in [6.07, 6.45) is 58.0. The average molecular weight is 920 g/mol. The first-order valence-electron chi connectivity index (χ1n) is 29.4. The van der Waals surface area contributed by atoms with Crippen LogP contribution in [0.3, 0.4) is 0 Å². The van der Waals surface area contributed by atoms with Gasteiger partial charge in [0.05, 0.1) is 0 Å². The summed E-state index contributed by atoms with van der Waals surface area (Å²) in [5.74, 6) is -0.00191. The molecule has 0 amide bonds.